The number of anilines is 1. The van der Waals surface area contributed by atoms with E-state index in [1.165, 1.54) is 0 Å². The molecule has 1 N–H and O–H groups in total. The number of carbonyl (C=O) groups is 1. The quantitative estimate of drug-likeness (QED) is 0.771. The molecule has 0 bridgehead atoms. The number of rotatable bonds is 1. The van der Waals surface area contributed by atoms with Gasteiger partial charge in [-0.05, 0) is 38.8 Å². The average molecular weight is 218 g/mol. The van der Waals surface area contributed by atoms with Crippen molar-refractivity contribution in [3.8, 4) is 0 Å². The fraction of sp³-hybridized carbons (Fsp3) is 0.462. The molecule has 1 aromatic carbocycles. The van der Waals surface area contributed by atoms with Gasteiger partial charge in [-0.3, -0.25) is 0 Å². The van der Waals surface area contributed by atoms with Crippen molar-refractivity contribution in [2.24, 2.45) is 0 Å². The minimum atomic E-state index is 0.0173. The molecular formula is C13H18N2O. The molecule has 1 aliphatic heterocycles. The molecule has 16 heavy (non-hydrogen) atoms. The number of likely N-dealkylation sites (tertiary alicyclic amines) is 1. The van der Waals surface area contributed by atoms with Crippen molar-refractivity contribution < 1.29 is 4.79 Å². The van der Waals surface area contributed by atoms with E-state index in [1.807, 2.05) is 35.2 Å². The number of nitrogens with zero attached hydrogens (tertiary/aromatic N) is 1. The number of urea groups is 1. The summed E-state index contributed by atoms with van der Waals surface area (Å²) in [5.74, 6) is 0. The number of carbonyl (C=O) groups excluding carboxylic acids is 1. The minimum absolute atomic E-state index is 0.0173. The van der Waals surface area contributed by atoms with Crippen molar-refractivity contribution in [3.63, 3.8) is 0 Å². The minimum Gasteiger partial charge on any atom is -0.319 e. The molecule has 2 amide bonds. The maximum atomic E-state index is 12.1. The van der Waals surface area contributed by atoms with E-state index < -0.39 is 0 Å². The molecule has 0 radical (unpaired) electrons. The van der Waals surface area contributed by atoms with Gasteiger partial charge < -0.3 is 10.2 Å². The molecule has 86 valence electrons. The molecule has 2 unspecified atom stereocenters. The van der Waals surface area contributed by atoms with Crippen LogP contribution in [0, 0.1) is 0 Å². The molecule has 1 heterocycles. The van der Waals surface area contributed by atoms with Crippen molar-refractivity contribution in [2.45, 2.75) is 38.8 Å². The van der Waals surface area contributed by atoms with Crippen LogP contribution in [0.15, 0.2) is 30.3 Å². The van der Waals surface area contributed by atoms with E-state index in [4.69, 9.17) is 0 Å². The van der Waals surface area contributed by atoms with E-state index in [1.54, 1.807) is 0 Å². The average Bonchev–Trinajstić information content (AvgIpc) is 2.60. The first-order valence-electron chi connectivity index (χ1n) is 5.83. The second-order valence-electron chi connectivity index (χ2n) is 4.48. The van der Waals surface area contributed by atoms with Crippen molar-refractivity contribution in [1.82, 2.24) is 4.90 Å². The van der Waals surface area contributed by atoms with Crippen LogP contribution in [0.1, 0.15) is 26.7 Å². The van der Waals surface area contributed by atoms with E-state index in [0.29, 0.717) is 12.1 Å². The number of nitrogens with one attached hydrogen (secondary N) is 1. The first-order valence-corrected chi connectivity index (χ1v) is 5.83. The largest absolute Gasteiger partial charge is 0.322 e. The van der Waals surface area contributed by atoms with Gasteiger partial charge in [-0.1, -0.05) is 18.2 Å². The number of para-hydroxylation sites is 1. The molecule has 0 aromatic heterocycles. The summed E-state index contributed by atoms with van der Waals surface area (Å²) in [4.78, 5) is 14.0. The van der Waals surface area contributed by atoms with Crippen LogP contribution in [0.3, 0.4) is 0 Å². The third-order valence-electron chi connectivity index (χ3n) is 3.21. The standard InChI is InChI=1S/C13H18N2O/c1-10-8-9-11(2)15(10)13(16)14-12-6-4-3-5-7-12/h3-7,10-11H,8-9H2,1-2H3,(H,14,16). The lowest BCUT2D eigenvalue weighted by atomic mass is 10.2. The Kier molecular flexibility index (Phi) is 3.13. The first-order chi connectivity index (χ1) is 7.68. The summed E-state index contributed by atoms with van der Waals surface area (Å²) < 4.78 is 0. The Balaban J connectivity index is 2.03. The zero-order valence-electron chi connectivity index (χ0n) is 9.81. The van der Waals surface area contributed by atoms with E-state index in [2.05, 4.69) is 19.2 Å². The maximum Gasteiger partial charge on any atom is 0.322 e. The van der Waals surface area contributed by atoms with Crippen LogP contribution in [0.5, 0.6) is 0 Å². The molecule has 0 spiro atoms. The van der Waals surface area contributed by atoms with Crippen LogP contribution >= 0.6 is 0 Å². The SMILES string of the molecule is CC1CCC(C)N1C(=O)Nc1ccccc1. The normalized spacial score (nSPS) is 24.5. The lowest BCUT2D eigenvalue weighted by molar-refractivity contribution is 0.194. The predicted octanol–water partition coefficient (Wildman–Crippen LogP) is 3.09. The molecule has 1 saturated heterocycles. The molecule has 1 aliphatic rings. The summed E-state index contributed by atoms with van der Waals surface area (Å²) in [6.07, 6.45) is 2.20. The summed E-state index contributed by atoms with van der Waals surface area (Å²) in [6, 6.07) is 10.3. The Morgan fingerprint density at radius 3 is 2.31 bits per heavy atom. The maximum absolute atomic E-state index is 12.1. The second-order valence-corrected chi connectivity index (χ2v) is 4.48. The zero-order chi connectivity index (χ0) is 11.5. The lowest BCUT2D eigenvalue weighted by Crippen LogP contribution is -2.41. The summed E-state index contributed by atoms with van der Waals surface area (Å²) in [7, 11) is 0. The molecule has 2 rings (SSSR count). The molecule has 0 saturated carbocycles. The Labute approximate surface area is 96.5 Å². The molecule has 1 aromatic rings. The number of hydrogen-bond acceptors (Lipinski definition) is 1. The highest BCUT2D eigenvalue weighted by Gasteiger charge is 2.31. The molecule has 3 heteroatoms. The molecule has 0 aliphatic carbocycles. The van der Waals surface area contributed by atoms with Gasteiger partial charge >= 0.3 is 6.03 Å². The third-order valence-corrected chi connectivity index (χ3v) is 3.21. The Hall–Kier alpha value is -1.51. The van der Waals surface area contributed by atoms with Crippen LogP contribution in [0.4, 0.5) is 10.5 Å². The van der Waals surface area contributed by atoms with Crippen LogP contribution in [0.25, 0.3) is 0 Å². The van der Waals surface area contributed by atoms with Gasteiger partial charge in [0.05, 0.1) is 0 Å². The Bertz CT molecular complexity index is 353. The van der Waals surface area contributed by atoms with Crippen LogP contribution < -0.4 is 5.32 Å². The fourth-order valence-corrected chi connectivity index (χ4v) is 2.30. The lowest BCUT2D eigenvalue weighted by Gasteiger charge is -2.26. The van der Waals surface area contributed by atoms with Crippen LogP contribution in [-0.4, -0.2) is 23.0 Å². The second kappa shape index (κ2) is 4.56. The smallest absolute Gasteiger partial charge is 0.319 e. The first kappa shape index (κ1) is 11.0. The van der Waals surface area contributed by atoms with Gasteiger partial charge in [-0.2, -0.15) is 0 Å². The Morgan fingerprint density at radius 2 is 1.75 bits per heavy atom. The van der Waals surface area contributed by atoms with Crippen molar-refractivity contribution in [1.29, 1.82) is 0 Å². The van der Waals surface area contributed by atoms with Crippen molar-refractivity contribution in [2.75, 3.05) is 5.32 Å². The highest BCUT2D eigenvalue weighted by Crippen LogP contribution is 2.24. The van der Waals surface area contributed by atoms with E-state index >= 15 is 0 Å². The van der Waals surface area contributed by atoms with Gasteiger partial charge in [-0.15, -0.1) is 0 Å². The predicted molar refractivity (Wildman–Crippen MR) is 65.5 cm³/mol. The van der Waals surface area contributed by atoms with Crippen LogP contribution in [-0.2, 0) is 0 Å². The molecule has 1 fully saturated rings. The van der Waals surface area contributed by atoms with E-state index in [9.17, 15) is 4.79 Å². The van der Waals surface area contributed by atoms with Gasteiger partial charge in [0, 0.05) is 17.8 Å². The van der Waals surface area contributed by atoms with Gasteiger partial charge in [0.2, 0.25) is 0 Å². The van der Waals surface area contributed by atoms with Crippen LogP contribution in [0.2, 0.25) is 0 Å². The Morgan fingerprint density at radius 1 is 1.19 bits per heavy atom. The third kappa shape index (κ3) is 2.18. The summed E-state index contributed by atoms with van der Waals surface area (Å²) in [6.45, 7) is 4.21. The monoisotopic (exact) mass is 218 g/mol. The highest BCUT2D eigenvalue weighted by molar-refractivity contribution is 5.89. The van der Waals surface area contributed by atoms with Gasteiger partial charge in [0.1, 0.15) is 0 Å². The van der Waals surface area contributed by atoms with Gasteiger partial charge in [0.15, 0.2) is 0 Å². The van der Waals surface area contributed by atoms with E-state index in [0.717, 1.165) is 18.5 Å². The number of benzene rings is 1. The highest BCUT2D eigenvalue weighted by atomic mass is 16.2. The number of hydrogen-bond donors (Lipinski definition) is 1. The van der Waals surface area contributed by atoms with Crippen molar-refractivity contribution in [3.05, 3.63) is 30.3 Å². The van der Waals surface area contributed by atoms with Gasteiger partial charge in [0.25, 0.3) is 0 Å². The summed E-state index contributed by atoms with van der Waals surface area (Å²) in [5, 5.41) is 2.93. The molecule has 2 atom stereocenters. The van der Waals surface area contributed by atoms with Gasteiger partial charge in [-0.25, -0.2) is 4.79 Å². The molecule has 3 nitrogen and oxygen atoms in total. The van der Waals surface area contributed by atoms with E-state index in [-0.39, 0.29) is 6.03 Å². The van der Waals surface area contributed by atoms with Crippen molar-refractivity contribution >= 4 is 11.7 Å². The molecular weight excluding hydrogens is 200 g/mol. The number of amides is 2. The fourth-order valence-electron chi connectivity index (χ4n) is 2.30. The zero-order valence-corrected chi connectivity index (χ0v) is 9.81. The summed E-state index contributed by atoms with van der Waals surface area (Å²) >= 11 is 0. The topological polar surface area (TPSA) is 32.3 Å². The summed E-state index contributed by atoms with van der Waals surface area (Å²) in [5.41, 5.74) is 0.860.